The minimum atomic E-state index is -0.257. The number of para-hydroxylation sites is 1. The van der Waals surface area contributed by atoms with Crippen LogP contribution in [0.5, 0.6) is 0 Å². The molecule has 0 aliphatic rings. The molecule has 0 fully saturated rings. The summed E-state index contributed by atoms with van der Waals surface area (Å²) < 4.78 is 15.6. The lowest BCUT2D eigenvalue weighted by molar-refractivity contribution is 0.618. The minimum absolute atomic E-state index is 0.257. The second-order valence-corrected chi connectivity index (χ2v) is 3.94. The van der Waals surface area contributed by atoms with Gasteiger partial charge in [0.15, 0.2) is 0 Å². The van der Waals surface area contributed by atoms with E-state index in [2.05, 4.69) is 4.98 Å². The predicted molar refractivity (Wildman–Crippen MR) is 69.0 cm³/mol. The normalized spacial score (nSPS) is 10.5. The fourth-order valence-corrected chi connectivity index (χ4v) is 1.95. The summed E-state index contributed by atoms with van der Waals surface area (Å²) >= 11 is 0. The van der Waals surface area contributed by atoms with Gasteiger partial charge in [-0.1, -0.05) is 42.5 Å². The van der Waals surface area contributed by atoms with Gasteiger partial charge in [0, 0.05) is 18.0 Å². The fourth-order valence-electron chi connectivity index (χ4n) is 1.95. The number of benzene rings is 2. The molecule has 0 N–H and O–H groups in total. The van der Waals surface area contributed by atoms with E-state index in [1.54, 1.807) is 29.1 Å². The Morgan fingerprint density at radius 1 is 0.889 bits per heavy atom. The first-order valence-corrected chi connectivity index (χ1v) is 5.70. The van der Waals surface area contributed by atoms with Crippen molar-refractivity contribution in [2.45, 2.75) is 0 Å². The molecule has 0 aliphatic carbocycles. The van der Waals surface area contributed by atoms with Crippen molar-refractivity contribution in [3.05, 3.63) is 72.8 Å². The maximum absolute atomic E-state index is 13.8. The average molecular weight is 238 g/mol. The Morgan fingerprint density at radius 3 is 2.39 bits per heavy atom. The van der Waals surface area contributed by atoms with Crippen molar-refractivity contribution in [3.8, 4) is 17.1 Å². The number of hydrogen-bond acceptors (Lipinski definition) is 1. The summed E-state index contributed by atoms with van der Waals surface area (Å²) in [6.45, 7) is 0. The third kappa shape index (κ3) is 1.80. The third-order valence-electron chi connectivity index (χ3n) is 2.78. The van der Waals surface area contributed by atoms with Crippen LogP contribution in [0.3, 0.4) is 0 Å². The molecule has 0 amide bonds. The van der Waals surface area contributed by atoms with E-state index in [9.17, 15) is 4.39 Å². The van der Waals surface area contributed by atoms with Gasteiger partial charge in [0.1, 0.15) is 11.6 Å². The van der Waals surface area contributed by atoms with E-state index in [1.807, 2.05) is 36.4 Å². The number of rotatable bonds is 2. The van der Waals surface area contributed by atoms with Gasteiger partial charge < -0.3 is 0 Å². The van der Waals surface area contributed by atoms with Crippen molar-refractivity contribution in [2.75, 3.05) is 0 Å². The maximum atomic E-state index is 13.8. The van der Waals surface area contributed by atoms with Crippen molar-refractivity contribution in [1.82, 2.24) is 9.55 Å². The number of halogens is 1. The van der Waals surface area contributed by atoms with Crippen LogP contribution in [0.15, 0.2) is 67.0 Å². The van der Waals surface area contributed by atoms with E-state index < -0.39 is 0 Å². The van der Waals surface area contributed by atoms with E-state index >= 15 is 0 Å². The summed E-state index contributed by atoms with van der Waals surface area (Å²) in [5.74, 6) is 0.480. The lowest BCUT2D eigenvalue weighted by Gasteiger charge is -2.08. The highest BCUT2D eigenvalue weighted by Gasteiger charge is 2.09. The highest BCUT2D eigenvalue weighted by Crippen LogP contribution is 2.22. The molecule has 3 aromatic rings. The standard InChI is InChI=1S/C15H11FN2/c16-13-8-4-5-9-14(13)18-11-10-17-15(18)12-6-2-1-3-7-12/h1-11H. The van der Waals surface area contributed by atoms with E-state index in [-0.39, 0.29) is 5.82 Å². The number of nitrogens with zero attached hydrogens (tertiary/aromatic N) is 2. The molecule has 3 heteroatoms. The van der Waals surface area contributed by atoms with Gasteiger partial charge in [-0.25, -0.2) is 9.37 Å². The molecule has 2 nitrogen and oxygen atoms in total. The van der Waals surface area contributed by atoms with Gasteiger partial charge in [0.25, 0.3) is 0 Å². The zero-order chi connectivity index (χ0) is 12.4. The molecule has 0 bridgehead atoms. The van der Waals surface area contributed by atoms with Gasteiger partial charge in [-0.15, -0.1) is 0 Å². The van der Waals surface area contributed by atoms with Crippen LogP contribution in [0.4, 0.5) is 4.39 Å². The summed E-state index contributed by atoms with van der Waals surface area (Å²) in [6, 6.07) is 16.4. The highest BCUT2D eigenvalue weighted by atomic mass is 19.1. The molecule has 3 rings (SSSR count). The maximum Gasteiger partial charge on any atom is 0.147 e. The lowest BCUT2D eigenvalue weighted by Crippen LogP contribution is -1.98. The Bertz CT molecular complexity index is 659. The quantitative estimate of drug-likeness (QED) is 0.666. The molecular formula is C15H11FN2. The van der Waals surface area contributed by atoms with Crippen molar-refractivity contribution >= 4 is 0 Å². The van der Waals surface area contributed by atoms with Crippen molar-refractivity contribution < 1.29 is 4.39 Å². The molecule has 1 aromatic heterocycles. The molecule has 0 saturated carbocycles. The smallest absolute Gasteiger partial charge is 0.147 e. The van der Waals surface area contributed by atoms with Crippen LogP contribution in [0, 0.1) is 5.82 Å². The van der Waals surface area contributed by atoms with Crippen LogP contribution >= 0.6 is 0 Å². The third-order valence-corrected chi connectivity index (χ3v) is 2.78. The van der Waals surface area contributed by atoms with Crippen LogP contribution in [0.2, 0.25) is 0 Å². The Labute approximate surface area is 104 Å². The SMILES string of the molecule is Fc1ccccc1-n1ccnc1-c1ccccc1. The molecule has 0 atom stereocenters. The Kier molecular flexibility index (Phi) is 2.65. The summed E-state index contributed by atoms with van der Waals surface area (Å²) in [6.07, 6.45) is 3.44. The predicted octanol–water partition coefficient (Wildman–Crippen LogP) is 3.68. The zero-order valence-corrected chi connectivity index (χ0v) is 9.62. The highest BCUT2D eigenvalue weighted by molar-refractivity contribution is 5.58. The zero-order valence-electron chi connectivity index (χ0n) is 9.62. The van der Waals surface area contributed by atoms with Crippen molar-refractivity contribution in [2.24, 2.45) is 0 Å². The molecular weight excluding hydrogens is 227 g/mol. The van der Waals surface area contributed by atoms with Gasteiger partial charge in [0.2, 0.25) is 0 Å². The van der Waals surface area contributed by atoms with Gasteiger partial charge in [0.05, 0.1) is 5.69 Å². The Morgan fingerprint density at radius 2 is 1.61 bits per heavy atom. The van der Waals surface area contributed by atoms with E-state index in [0.717, 1.165) is 11.4 Å². The molecule has 88 valence electrons. The van der Waals surface area contributed by atoms with Crippen LogP contribution in [0.25, 0.3) is 17.1 Å². The molecule has 0 radical (unpaired) electrons. The van der Waals surface area contributed by atoms with Crippen LogP contribution in [-0.4, -0.2) is 9.55 Å². The van der Waals surface area contributed by atoms with Gasteiger partial charge in [-0.3, -0.25) is 4.57 Å². The second-order valence-electron chi connectivity index (χ2n) is 3.94. The summed E-state index contributed by atoms with van der Waals surface area (Å²) in [4.78, 5) is 4.30. The van der Waals surface area contributed by atoms with E-state index in [4.69, 9.17) is 0 Å². The molecule has 0 unspecified atom stereocenters. The van der Waals surface area contributed by atoms with Crippen molar-refractivity contribution in [1.29, 1.82) is 0 Å². The Hall–Kier alpha value is -2.42. The van der Waals surface area contributed by atoms with E-state index in [1.165, 1.54) is 6.07 Å². The number of hydrogen-bond donors (Lipinski definition) is 0. The first-order chi connectivity index (χ1) is 8.86. The molecule has 0 saturated heterocycles. The minimum Gasteiger partial charge on any atom is -0.297 e. The van der Waals surface area contributed by atoms with Crippen LogP contribution < -0.4 is 0 Å². The molecule has 18 heavy (non-hydrogen) atoms. The van der Waals surface area contributed by atoms with Crippen LogP contribution in [-0.2, 0) is 0 Å². The van der Waals surface area contributed by atoms with Gasteiger partial charge in [-0.2, -0.15) is 0 Å². The largest absolute Gasteiger partial charge is 0.297 e. The second kappa shape index (κ2) is 4.45. The number of aromatic nitrogens is 2. The first-order valence-electron chi connectivity index (χ1n) is 5.70. The topological polar surface area (TPSA) is 17.8 Å². The first kappa shape index (κ1) is 10.7. The van der Waals surface area contributed by atoms with E-state index in [0.29, 0.717) is 5.69 Å². The monoisotopic (exact) mass is 238 g/mol. The Balaban J connectivity index is 2.16. The van der Waals surface area contributed by atoms with Crippen molar-refractivity contribution in [3.63, 3.8) is 0 Å². The average Bonchev–Trinajstić information content (AvgIpc) is 2.89. The number of imidazole rings is 1. The summed E-state index contributed by atoms with van der Waals surface area (Å²) in [5.41, 5.74) is 1.47. The van der Waals surface area contributed by atoms with Gasteiger partial charge >= 0.3 is 0 Å². The summed E-state index contributed by atoms with van der Waals surface area (Å²) in [7, 11) is 0. The fraction of sp³-hybridized carbons (Fsp3) is 0. The lowest BCUT2D eigenvalue weighted by atomic mass is 10.2. The molecule has 2 aromatic carbocycles. The summed E-state index contributed by atoms with van der Waals surface area (Å²) in [5, 5.41) is 0. The molecule has 0 aliphatic heterocycles. The molecule has 1 heterocycles. The molecule has 0 spiro atoms. The van der Waals surface area contributed by atoms with Crippen LogP contribution in [0.1, 0.15) is 0 Å². The van der Waals surface area contributed by atoms with Gasteiger partial charge in [-0.05, 0) is 12.1 Å².